The van der Waals surface area contributed by atoms with Gasteiger partial charge < -0.3 is 15.2 Å². The van der Waals surface area contributed by atoms with Crippen LogP contribution in [-0.4, -0.2) is 28.0 Å². The lowest BCUT2D eigenvalue weighted by Crippen LogP contribution is -2.30. The van der Waals surface area contributed by atoms with Crippen molar-refractivity contribution in [3.05, 3.63) is 54.1 Å². The van der Waals surface area contributed by atoms with E-state index in [-0.39, 0.29) is 17.9 Å². The van der Waals surface area contributed by atoms with Gasteiger partial charge in [-0.3, -0.25) is 9.59 Å². The molecule has 0 unspecified atom stereocenters. The van der Waals surface area contributed by atoms with E-state index in [1.54, 1.807) is 36.4 Å². The van der Waals surface area contributed by atoms with Crippen LogP contribution in [-0.2, 0) is 4.79 Å². The molecule has 138 valence electrons. The van der Waals surface area contributed by atoms with E-state index in [1.807, 2.05) is 26.0 Å². The molecule has 2 N–H and O–H groups in total. The average molecular weight is 364 g/mol. The van der Waals surface area contributed by atoms with Crippen LogP contribution in [0, 0.1) is 0 Å². The first-order chi connectivity index (χ1) is 12.9. The highest BCUT2D eigenvalue weighted by atomic mass is 16.5. The molecule has 7 nitrogen and oxygen atoms in total. The third kappa shape index (κ3) is 4.58. The minimum Gasteiger partial charge on any atom is -0.350 e. The van der Waals surface area contributed by atoms with E-state index >= 15 is 0 Å². The van der Waals surface area contributed by atoms with Crippen LogP contribution in [0.2, 0.25) is 0 Å². The Hall–Kier alpha value is -3.48. The number of hydrogen-bond donors (Lipinski definition) is 2. The van der Waals surface area contributed by atoms with Crippen LogP contribution < -0.4 is 10.6 Å². The second-order valence-electron chi connectivity index (χ2n) is 6.39. The molecule has 0 saturated heterocycles. The molecule has 0 aliphatic carbocycles. The monoisotopic (exact) mass is 364 g/mol. The summed E-state index contributed by atoms with van der Waals surface area (Å²) in [6.45, 7) is 5.25. The maximum absolute atomic E-state index is 12.2. The van der Waals surface area contributed by atoms with Crippen LogP contribution in [0.25, 0.3) is 22.8 Å². The molecule has 0 radical (unpaired) electrons. The summed E-state index contributed by atoms with van der Waals surface area (Å²) in [6, 6.07) is 14.2. The molecule has 0 aliphatic heterocycles. The Morgan fingerprint density at radius 2 is 1.78 bits per heavy atom. The molecule has 2 amide bonds. The van der Waals surface area contributed by atoms with Gasteiger partial charge in [0.05, 0.1) is 0 Å². The summed E-state index contributed by atoms with van der Waals surface area (Å²) in [5.74, 6) is 0.400. The lowest BCUT2D eigenvalue weighted by atomic mass is 10.1. The maximum atomic E-state index is 12.2. The molecule has 2 aromatic carbocycles. The lowest BCUT2D eigenvalue weighted by Gasteiger charge is -2.08. The third-order valence-electron chi connectivity index (χ3n) is 3.66. The number of hydrogen-bond acceptors (Lipinski definition) is 5. The molecule has 3 aromatic rings. The van der Waals surface area contributed by atoms with Crippen molar-refractivity contribution in [2.24, 2.45) is 0 Å². The normalized spacial score (nSPS) is 10.7. The van der Waals surface area contributed by atoms with Crippen LogP contribution in [0.15, 0.2) is 53.1 Å². The predicted molar refractivity (Wildman–Crippen MR) is 102 cm³/mol. The fourth-order valence-electron chi connectivity index (χ4n) is 2.54. The first kappa shape index (κ1) is 18.3. The summed E-state index contributed by atoms with van der Waals surface area (Å²) in [6.07, 6.45) is 0. The highest BCUT2D eigenvalue weighted by Crippen LogP contribution is 2.25. The molecule has 0 aliphatic rings. The molecular weight excluding hydrogens is 344 g/mol. The van der Waals surface area contributed by atoms with Crippen molar-refractivity contribution in [3.8, 4) is 22.8 Å². The van der Waals surface area contributed by atoms with Gasteiger partial charge in [0.2, 0.25) is 11.7 Å². The number of carbonyl (C=O) groups excluding carboxylic acids is 2. The Morgan fingerprint density at radius 3 is 2.52 bits per heavy atom. The average Bonchev–Trinajstić information content (AvgIpc) is 3.11. The summed E-state index contributed by atoms with van der Waals surface area (Å²) in [4.78, 5) is 27.8. The van der Waals surface area contributed by atoms with Gasteiger partial charge in [0, 0.05) is 35.3 Å². The molecule has 0 atom stereocenters. The van der Waals surface area contributed by atoms with E-state index < -0.39 is 0 Å². The molecule has 0 saturated carbocycles. The number of nitrogens with one attached hydrogen (secondary N) is 2. The van der Waals surface area contributed by atoms with E-state index in [0.717, 1.165) is 0 Å². The van der Waals surface area contributed by atoms with Crippen molar-refractivity contribution in [2.75, 3.05) is 5.32 Å². The molecule has 1 heterocycles. The summed E-state index contributed by atoms with van der Waals surface area (Å²) in [7, 11) is 0. The molecule has 1 aromatic heterocycles. The molecule has 0 bridgehead atoms. The second-order valence-corrected chi connectivity index (χ2v) is 6.39. The van der Waals surface area contributed by atoms with Gasteiger partial charge >= 0.3 is 0 Å². The van der Waals surface area contributed by atoms with Gasteiger partial charge in [0.25, 0.3) is 11.8 Å². The van der Waals surface area contributed by atoms with E-state index in [9.17, 15) is 9.59 Å². The summed E-state index contributed by atoms with van der Waals surface area (Å²) >= 11 is 0. The number of aromatic nitrogens is 2. The van der Waals surface area contributed by atoms with Crippen molar-refractivity contribution >= 4 is 17.5 Å². The Labute approximate surface area is 156 Å². The standard InChI is InChI=1S/C20H20N4O3/c1-12(2)21-19(26)15-7-4-6-14(10-15)18-23-20(27-24-18)16-8-5-9-17(11-16)22-13(3)25/h4-12H,1-3H3,(H,21,26)(H,22,25). The van der Waals surface area contributed by atoms with Crippen LogP contribution in [0.4, 0.5) is 5.69 Å². The van der Waals surface area contributed by atoms with Gasteiger partial charge in [-0.15, -0.1) is 0 Å². The van der Waals surface area contributed by atoms with Gasteiger partial charge in [0.15, 0.2) is 0 Å². The van der Waals surface area contributed by atoms with Crippen LogP contribution in [0.3, 0.4) is 0 Å². The predicted octanol–water partition coefficient (Wildman–Crippen LogP) is 3.50. The van der Waals surface area contributed by atoms with Crippen LogP contribution in [0.5, 0.6) is 0 Å². The number of rotatable bonds is 5. The van der Waals surface area contributed by atoms with Crippen molar-refractivity contribution in [3.63, 3.8) is 0 Å². The number of amides is 2. The largest absolute Gasteiger partial charge is 0.350 e. The summed E-state index contributed by atoms with van der Waals surface area (Å²) < 4.78 is 5.36. The van der Waals surface area contributed by atoms with Crippen LogP contribution in [0.1, 0.15) is 31.1 Å². The van der Waals surface area contributed by atoms with Gasteiger partial charge in [0.1, 0.15) is 0 Å². The number of benzene rings is 2. The SMILES string of the molecule is CC(=O)Nc1cccc(-c2nc(-c3cccc(C(=O)NC(C)C)c3)no2)c1. The first-order valence-electron chi connectivity index (χ1n) is 8.55. The lowest BCUT2D eigenvalue weighted by molar-refractivity contribution is -0.114. The highest BCUT2D eigenvalue weighted by molar-refractivity contribution is 5.95. The van der Waals surface area contributed by atoms with Crippen molar-refractivity contribution < 1.29 is 14.1 Å². The van der Waals surface area contributed by atoms with Gasteiger partial charge in [-0.2, -0.15) is 4.98 Å². The molecule has 7 heteroatoms. The first-order valence-corrected chi connectivity index (χ1v) is 8.55. The Kier molecular flexibility index (Phi) is 5.30. The van der Waals surface area contributed by atoms with Crippen molar-refractivity contribution in [1.29, 1.82) is 0 Å². The van der Waals surface area contributed by atoms with E-state index in [1.165, 1.54) is 6.92 Å². The number of anilines is 1. The van der Waals surface area contributed by atoms with Crippen LogP contribution >= 0.6 is 0 Å². The second kappa shape index (κ2) is 7.82. The van der Waals surface area contributed by atoms with Gasteiger partial charge in [-0.1, -0.05) is 23.4 Å². The molecular formula is C20H20N4O3. The Bertz CT molecular complexity index is 979. The van der Waals surface area contributed by atoms with Crippen molar-refractivity contribution in [2.45, 2.75) is 26.8 Å². The zero-order valence-electron chi connectivity index (χ0n) is 15.3. The molecule has 3 rings (SSSR count). The van der Waals surface area contributed by atoms with E-state index in [0.29, 0.717) is 34.1 Å². The summed E-state index contributed by atoms with van der Waals surface area (Å²) in [5, 5.41) is 9.58. The smallest absolute Gasteiger partial charge is 0.258 e. The molecule has 0 fully saturated rings. The fourth-order valence-corrected chi connectivity index (χ4v) is 2.54. The zero-order chi connectivity index (χ0) is 19.4. The Morgan fingerprint density at radius 1 is 1.04 bits per heavy atom. The van der Waals surface area contributed by atoms with E-state index in [2.05, 4.69) is 20.8 Å². The zero-order valence-corrected chi connectivity index (χ0v) is 15.3. The van der Waals surface area contributed by atoms with Crippen molar-refractivity contribution in [1.82, 2.24) is 15.5 Å². The third-order valence-corrected chi connectivity index (χ3v) is 3.66. The van der Waals surface area contributed by atoms with Gasteiger partial charge in [-0.05, 0) is 44.2 Å². The minimum absolute atomic E-state index is 0.0498. The highest BCUT2D eigenvalue weighted by Gasteiger charge is 2.14. The Balaban J connectivity index is 1.86. The minimum atomic E-state index is -0.158. The van der Waals surface area contributed by atoms with Gasteiger partial charge in [-0.25, -0.2) is 0 Å². The maximum Gasteiger partial charge on any atom is 0.258 e. The fraction of sp³-hybridized carbons (Fsp3) is 0.200. The summed E-state index contributed by atoms with van der Waals surface area (Å²) in [5.41, 5.74) is 2.54. The topological polar surface area (TPSA) is 97.1 Å². The number of nitrogens with zero attached hydrogens (tertiary/aromatic N) is 2. The quantitative estimate of drug-likeness (QED) is 0.722. The molecule has 27 heavy (non-hydrogen) atoms. The number of carbonyl (C=O) groups is 2. The molecule has 0 spiro atoms. The van der Waals surface area contributed by atoms with E-state index in [4.69, 9.17) is 4.52 Å².